The first-order valence-corrected chi connectivity index (χ1v) is 15.8. The van der Waals surface area contributed by atoms with Crippen molar-refractivity contribution in [3.05, 3.63) is 92.2 Å². The number of pyridine rings is 1. The average molecular weight is 695 g/mol. The number of nitro groups is 1. The molecule has 46 heavy (non-hydrogen) atoms. The number of carbonyl (C=O) groups is 3. The number of likely N-dealkylation sites (tertiary alicyclic amines) is 1. The summed E-state index contributed by atoms with van der Waals surface area (Å²) in [4.78, 5) is 60.2. The van der Waals surface area contributed by atoms with Crippen LogP contribution < -0.4 is 16.0 Å². The quantitative estimate of drug-likeness (QED) is 0.222. The van der Waals surface area contributed by atoms with Crippen molar-refractivity contribution in [2.45, 2.75) is 51.1 Å². The number of hydrogen-bond acceptors (Lipinski definition) is 9. The molecule has 242 valence electrons. The van der Waals surface area contributed by atoms with Crippen molar-refractivity contribution in [1.29, 1.82) is 0 Å². The smallest absolute Gasteiger partial charge is 0.294 e. The van der Waals surface area contributed by atoms with Crippen LogP contribution >= 0.6 is 15.9 Å². The Morgan fingerprint density at radius 1 is 1.04 bits per heavy atom. The number of morpholine rings is 1. The zero-order valence-electron chi connectivity index (χ0n) is 25.7. The Kier molecular flexibility index (Phi) is 10.2. The first kappa shape index (κ1) is 32.8. The number of hydrogen-bond donors (Lipinski definition) is 3. The normalized spacial score (nSPS) is 21.0. The third-order valence-corrected chi connectivity index (χ3v) is 8.47. The van der Waals surface area contributed by atoms with Crippen molar-refractivity contribution >= 4 is 50.7 Å². The lowest BCUT2D eigenvalue weighted by molar-refractivity contribution is -0.384. The molecule has 2 aliphatic heterocycles. The maximum absolute atomic E-state index is 13.9. The SMILES string of the molecule is CNc1cncc(C(=O)N2C[C@H](Nc3c(C(=O)N4C[C@@H](C)O[C@@H](C)C4)cc(Br)cc3[N+](=O)[O-])C[C@H]2C(=O)NCc2ccccc2)c1. The highest BCUT2D eigenvalue weighted by Crippen LogP contribution is 2.36. The fraction of sp³-hybridized carbons (Fsp3) is 0.375. The minimum atomic E-state index is -0.887. The summed E-state index contributed by atoms with van der Waals surface area (Å²) < 4.78 is 6.16. The number of benzene rings is 2. The highest BCUT2D eigenvalue weighted by Gasteiger charge is 2.41. The van der Waals surface area contributed by atoms with Gasteiger partial charge in [-0.2, -0.15) is 0 Å². The van der Waals surface area contributed by atoms with Gasteiger partial charge in [0.1, 0.15) is 11.7 Å². The number of carbonyl (C=O) groups excluding carboxylic acids is 3. The van der Waals surface area contributed by atoms with E-state index in [1.54, 1.807) is 30.3 Å². The lowest BCUT2D eigenvalue weighted by atomic mass is 10.1. The van der Waals surface area contributed by atoms with Crippen LogP contribution in [0.15, 0.2) is 65.4 Å². The molecular weight excluding hydrogens is 658 g/mol. The van der Waals surface area contributed by atoms with E-state index in [1.165, 1.54) is 17.2 Å². The van der Waals surface area contributed by atoms with Gasteiger partial charge >= 0.3 is 0 Å². The number of nitrogens with one attached hydrogen (secondary N) is 3. The lowest BCUT2D eigenvalue weighted by Gasteiger charge is -2.35. The van der Waals surface area contributed by atoms with Crippen LogP contribution in [0.1, 0.15) is 46.5 Å². The van der Waals surface area contributed by atoms with Gasteiger partial charge in [-0.05, 0) is 38.0 Å². The molecule has 0 unspecified atom stereocenters. The number of halogens is 1. The topological polar surface area (TPSA) is 159 Å². The fourth-order valence-corrected chi connectivity index (χ4v) is 6.40. The molecule has 3 aromatic rings. The Labute approximate surface area is 275 Å². The Balaban J connectivity index is 1.46. The van der Waals surface area contributed by atoms with E-state index in [2.05, 4.69) is 36.9 Å². The molecule has 0 spiro atoms. The van der Waals surface area contributed by atoms with E-state index in [9.17, 15) is 24.5 Å². The molecule has 2 aromatic carbocycles. The van der Waals surface area contributed by atoms with E-state index < -0.39 is 22.9 Å². The van der Waals surface area contributed by atoms with Crippen LogP contribution in [-0.4, -0.2) is 88.4 Å². The highest BCUT2D eigenvalue weighted by molar-refractivity contribution is 9.10. The van der Waals surface area contributed by atoms with E-state index in [1.807, 2.05) is 44.2 Å². The number of ether oxygens (including phenoxy) is 1. The number of anilines is 2. The molecule has 2 saturated heterocycles. The highest BCUT2D eigenvalue weighted by atomic mass is 79.9. The number of rotatable bonds is 9. The van der Waals surface area contributed by atoms with Crippen molar-refractivity contribution in [1.82, 2.24) is 20.1 Å². The van der Waals surface area contributed by atoms with Crippen molar-refractivity contribution in [3.8, 4) is 0 Å². The van der Waals surface area contributed by atoms with Gasteiger partial charge < -0.3 is 30.5 Å². The summed E-state index contributed by atoms with van der Waals surface area (Å²) in [6.07, 6.45) is 2.76. The van der Waals surface area contributed by atoms with Gasteiger partial charge in [-0.3, -0.25) is 29.5 Å². The number of nitrogens with zero attached hydrogens (tertiary/aromatic N) is 4. The molecule has 0 aliphatic carbocycles. The standard InChI is InChI=1S/C32H36BrN7O6/c1-19-16-38(17-20(2)46-19)32(43)26-10-23(33)11-27(40(44)45)29(26)37-25-12-28(30(41)36-13-21-7-5-4-6-8-21)39(18-25)31(42)22-9-24(34-3)15-35-14-22/h4-11,14-15,19-20,25,28,34,37H,12-13,16-18H2,1-3H3,(H,36,41)/t19-,20+,25-,28+/m1/s1. The second-order valence-electron chi connectivity index (χ2n) is 11.5. The minimum Gasteiger partial charge on any atom is -0.387 e. The second-order valence-corrected chi connectivity index (χ2v) is 12.5. The van der Waals surface area contributed by atoms with Gasteiger partial charge in [-0.25, -0.2) is 0 Å². The van der Waals surface area contributed by atoms with Crippen molar-refractivity contribution in [2.75, 3.05) is 37.3 Å². The molecule has 0 saturated carbocycles. The summed E-state index contributed by atoms with van der Waals surface area (Å²) >= 11 is 3.33. The molecule has 2 aliphatic rings. The van der Waals surface area contributed by atoms with Crippen molar-refractivity contribution in [3.63, 3.8) is 0 Å². The Morgan fingerprint density at radius 2 is 1.76 bits per heavy atom. The molecule has 1 aromatic heterocycles. The number of amides is 3. The Hall–Kier alpha value is -4.56. The van der Waals surface area contributed by atoms with Gasteiger partial charge in [0.05, 0.1) is 33.9 Å². The average Bonchev–Trinajstić information content (AvgIpc) is 3.47. The molecule has 0 radical (unpaired) electrons. The molecule has 3 heterocycles. The van der Waals surface area contributed by atoms with Crippen molar-refractivity contribution < 1.29 is 24.0 Å². The van der Waals surface area contributed by atoms with E-state index in [0.717, 1.165) is 5.56 Å². The van der Waals surface area contributed by atoms with Crippen LogP contribution in [-0.2, 0) is 16.1 Å². The first-order valence-electron chi connectivity index (χ1n) is 15.0. The Morgan fingerprint density at radius 3 is 2.43 bits per heavy atom. The Bertz CT molecular complexity index is 1610. The van der Waals surface area contributed by atoms with Gasteiger partial charge in [0, 0.05) is 62.2 Å². The molecule has 3 N–H and O–H groups in total. The largest absolute Gasteiger partial charge is 0.387 e. The molecule has 4 atom stereocenters. The van der Waals surface area contributed by atoms with Crippen LogP contribution in [0.25, 0.3) is 0 Å². The third kappa shape index (κ3) is 7.45. The summed E-state index contributed by atoms with van der Waals surface area (Å²) in [6.45, 7) is 4.72. The monoisotopic (exact) mass is 693 g/mol. The van der Waals surface area contributed by atoms with Gasteiger partial charge in [0.2, 0.25) is 5.91 Å². The number of nitro benzene ring substituents is 1. The molecule has 0 bridgehead atoms. The maximum Gasteiger partial charge on any atom is 0.294 e. The van der Waals surface area contributed by atoms with E-state index in [-0.39, 0.29) is 66.0 Å². The molecule has 3 amide bonds. The van der Waals surface area contributed by atoms with Crippen LogP contribution in [0.3, 0.4) is 0 Å². The minimum absolute atomic E-state index is 0.0339. The lowest BCUT2D eigenvalue weighted by Crippen LogP contribution is -2.48. The van der Waals surface area contributed by atoms with Crippen LogP contribution in [0.5, 0.6) is 0 Å². The summed E-state index contributed by atoms with van der Waals surface area (Å²) in [6, 6.07) is 12.5. The van der Waals surface area contributed by atoms with Crippen molar-refractivity contribution in [2.24, 2.45) is 0 Å². The van der Waals surface area contributed by atoms with Crippen LogP contribution in [0, 0.1) is 10.1 Å². The van der Waals surface area contributed by atoms with Gasteiger partial charge in [0.25, 0.3) is 17.5 Å². The van der Waals surface area contributed by atoms with Crippen LogP contribution in [0.2, 0.25) is 0 Å². The zero-order chi connectivity index (χ0) is 33.0. The molecule has 14 heteroatoms. The van der Waals surface area contributed by atoms with Gasteiger partial charge in [-0.15, -0.1) is 0 Å². The van der Waals surface area contributed by atoms with E-state index >= 15 is 0 Å². The summed E-state index contributed by atoms with van der Waals surface area (Å²) in [5.41, 5.74) is 1.66. The summed E-state index contributed by atoms with van der Waals surface area (Å²) in [5.74, 6) is -1.16. The van der Waals surface area contributed by atoms with E-state index in [4.69, 9.17) is 4.74 Å². The third-order valence-electron chi connectivity index (χ3n) is 8.01. The predicted molar refractivity (Wildman–Crippen MR) is 176 cm³/mol. The zero-order valence-corrected chi connectivity index (χ0v) is 27.3. The molecule has 13 nitrogen and oxygen atoms in total. The van der Waals surface area contributed by atoms with Gasteiger partial charge in [0.15, 0.2) is 0 Å². The number of aromatic nitrogens is 1. The summed E-state index contributed by atoms with van der Waals surface area (Å²) in [7, 11) is 1.71. The molecule has 2 fully saturated rings. The van der Waals surface area contributed by atoms with E-state index in [0.29, 0.717) is 23.2 Å². The second kappa shape index (κ2) is 14.3. The molecule has 5 rings (SSSR count). The molecular formula is C32H36BrN7O6. The predicted octanol–water partition coefficient (Wildman–Crippen LogP) is 4.06. The summed E-state index contributed by atoms with van der Waals surface area (Å²) in [5, 5.41) is 21.4. The van der Waals surface area contributed by atoms with Gasteiger partial charge in [-0.1, -0.05) is 46.3 Å². The first-order chi connectivity index (χ1) is 22.0. The maximum atomic E-state index is 13.9. The van der Waals surface area contributed by atoms with Crippen LogP contribution in [0.4, 0.5) is 17.1 Å². The fourth-order valence-electron chi connectivity index (χ4n) is 5.95.